The van der Waals surface area contributed by atoms with Crippen LogP contribution < -0.4 is 10.1 Å². The molecule has 2 rings (SSSR count). The van der Waals surface area contributed by atoms with Crippen LogP contribution in [-0.4, -0.2) is 42.7 Å². The highest BCUT2D eigenvalue weighted by molar-refractivity contribution is 5.20. The van der Waals surface area contributed by atoms with Crippen molar-refractivity contribution in [3.8, 4) is 5.88 Å². The standard InChI is InChI=1S/C16H27N3O/c1-3-8-17-12-14-7-9-18-16(11-14)20-13-15-6-4-5-10-19(15)2/h7,9,11,15,17H,3-6,8,10,12-13H2,1-2H3. The van der Waals surface area contributed by atoms with Crippen LogP contribution in [0.4, 0.5) is 0 Å². The lowest BCUT2D eigenvalue weighted by Gasteiger charge is -2.31. The molecule has 1 atom stereocenters. The molecule has 1 aliphatic heterocycles. The summed E-state index contributed by atoms with van der Waals surface area (Å²) in [5.41, 5.74) is 1.24. The van der Waals surface area contributed by atoms with Gasteiger partial charge in [-0.15, -0.1) is 0 Å². The monoisotopic (exact) mass is 277 g/mol. The fourth-order valence-corrected chi connectivity index (χ4v) is 2.59. The van der Waals surface area contributed by atoms with Gasteiger partial charge in [-0.3, -0.25) is 0 Å². The molecule has 20 heavy (non-hydrogen) atoms. The lowest BCUT2D eigenvalue weighted by Crippen LogP contribution is -2.40. The Hall–Kier alpha value is -1.13. The molecule has 0 spiro atoms. The van der Waals surface area contributed by atoms with Crippen LogP contribution in [0.1, 0.15) is 38.2 Å². The summed E-state index contributed by atoms with van der Waals surface area (Å²) in [6.45, 7) is 6.04. The van der Waals surface area contributed by atoms with E-state index in [1.165, 1.54) is 31.4 Å². The fourth-order valence-electron chi connectivity index (χ4n) is 2.59. The largest absolute Gasteiger partial charge is 0.476 e. The van der Waals surface area contributed by atoms with E-state index in [1.807, 2.05) is 18.3 Å². The zero-order valence-electron chi connectivity index (χ0n) is 12.8. The maximum absolute atomic E-state index is 5.88. The highest BCUT2D eigenvalue weighted by atomic mass is 16.5. The Morgan fingerprint density at radius 1 is 1.45 bits per heavy atom. The number of likely N-dealkylation sites (tertiary alicyclic amines) is 1. The van der Waals surface area contributed by atoms with Crippen molar-refractivity contribution < 1.29 is 4.74 Å². The van der Waals surface area contributed by atoms with E-state index in [9.17, 15) is 0 Å². The molecule has 1 aliphatic rings. The van der Waals surface area contributed by atoms with Gasteiger partial charge >= 0.3 is 0 Å². The summed E-state index contributed by atoms with van der Waals surface area (Å²) in [7, 11) is 2.19. The average molecular weight is 277 g/mol. The van der Waals surface area contributed by atoms with E-state index < -0.39 is 0 Å². The molecule has 4 heteroatoms. The third-order valence-corrected chi connectivity index (χ3v) is 3.90. The van der Waals surface area contributed by atoms with Crippen molar-refractivity contribution in [1.29, 1.82) is 0 Å². The molecule has 4 nitrogen and oxygen atoms in total. The molecule has 1 aromatic heterocycles. The van der Waals surface area contributed by atoms with Crippen molar-refractivity contribution in [2.24, 2.45) is 0 Å². The van der Waals surface area contributed by atoms with Gasteiger partial charge in [0, 0.05) is 24.8 Å². The van der Waals surface area contributed by atoms with Crippen LogP contribution in [0.5, 0.6) is 5.88 Å². The van der Waals surface area contributed by atoms with E-state index in [1.54, 1.807) is 0 Å². The quantitative estimate of drug-likeness (QED) is 0.777. The van der Waals surface area contributed by atoms with Crippen molar-refractivity contribution in [3.63, 3.8) is 0 Å². The third kappa shape index (κ3) is 4.76. The summed E-state index contributed by atoms with van der Waals surface area (Å²) >= 11 is 0. The van der Waals surface area contributed by atoms with Gasteiger partial charge in [0.05, 0.1) is 0 Å². The number of nitrogens with one attached hydrogen (secondary N) is 1. The highest BCUT2D eigenvalue weighted by Crippen LogP contribution is 2.17. The maximum Gasteiger partial charge on any atom is 0.213 e. The van der Waals surface area contributed by atoms with Crippen LogP contribution >= 0.6 is 0 Å². The molecule has 0 radical (unpaired) electrons. The minimum absolute atomic E-state index is 0.535. The first-order valence-electron chi connectivity index (χ1n) is 7.78. The molecule has 0 bridgehead atoms. The van der Waals surface area contributed by atoms with Gasteiger partial charge in [0.1, 0.15) is 6.61 Å². The number of likely N-dealkylation sites (N-methyl/N-ethyl adjacent to an activating group) is 1. The Morgan fingerprint density at radius 3 is 3.15 bits per heavy atom. The van der Waals surface area contributed by atoms with Crippen LogP contribution in [0.3, 0.4) is 0 Å². The predicted molar refractivity (Wildman–Crippen MR) is 82.0 cm³/mol. The van der Waals surface area contributed by atoms with E-state index in [4.69, 9.17) is 4.74 Å². The molecule has 1 unspecified atom stereocenters. The Morgan fingerprint density at radius 2 is 2.35 bits per heavy atom. The zero-order chi connectivity index (χ0) is 14.2. The Labute approximate surface area is 122 Å². The molecule has 0 saturated carbocycles. The molecular formula is C16H27N3O. The molecule has 0 aliphatic carbocycles. The number of hydrogen-bond acceptors (Lipinski definition) is 4. The van der Waals surface area contributed by atoms with Crippen LogP contribution in [0, 0.1) is 0 Å². The summed E-state index contributed by atoms with van der Waals surface area (Å²) < 4.78 is 5.88. The smallest absolute Gasteiger partial charge is 0.213 e. The lowest BCUT2D eigenvalue weighted by atomic mass is 10.0. The van der Waals surface area contributed by atoms with Gasteiger partial charge in [-0.1, -0.05) is 13.3 Å². The predicted octanol–water partition coefficient (Wildman–Crippen LogP) is 2.44. The average Bonchev–Trinajstić information content (AvgIpc) is 2.47. The van der Waals surface area contributed by atoms with E-state index in [2.05, 4.69) is 29.2 Å². The summed E-state index contributed by atoms with van der Waals surface area (Å²) in [5, 5.41) is 3.40. The van der Waals surface area contributed by atoms with Gasteiger partial charge < -0.3 is 15.0 Å². The van der Waals surface area contributed by atoms with E-state index >= 15 is 0 Å². The first kappa shape index (κ1) is 15.3. The van der Waals surface area contributed by atoms with Gasteiger partial charge in [0.2, 0.25) is 5.88 Å². The minimum Gasteiger partial charge on any atom is -0.476 e. The first-order chi connectivity index (χ1) is 9.79. The molecule has 1 fully saturated rings. The summed E-state index contributed by atoms with van der Waals surface area (Å²) in [6, 6.07) is 4.63. The third-order valence-electron chi connectivity index (χ3n) is 3.90. The van der Waals surface area contributed by atoms with Gasteiger partial charge in [-0.05, 0) is 51.0 Å². The summed E-state index contributed by atoms with van der Waals surface area (Å²) in [5.74, 6) is 0.750. The van der Waals surface area contributed by atoms with E-state index in [-0.39, 0.29) is 0 Å². The molecule has 0 aromatic carbocycles. The Balaban J connectivity index is 1.81. The number of rotatable bonds is 7. The molecule has 1 N–H and O–H groups in total. The highest BCUT2D eigenvalue weighted by Gasteiger charge is 2.19. The second-order valence-electron chi connectivity index (χ2n) is 5.62. The molecule has 2 heterocycles. The molecular weight excluding hydrogens is 250 g/mol. The van der Waals surface area contributed by atoms with Crippen molar-refractivity contribution in [2.45, 2.75) is 45.2 Å². The molecule has 1 aromatic rings. The van der Waals surface area contributed by atoms with Crippen LogP contribution in [0.25, 0.3) is 0 Å². The number of pyridine rings is 1. The molecule has 1 saturated heterocycles. The number of ether oxygens (including phenoxy) is 1. The SMILES string of the molecule is CCCNCc1ccnc(OCC2CCCCN2C)c1. The second kappa shape index (κ2) is 8.22. The topological polar surface area (TPSA) is 37.4 Å². The fraction of sp³-hybridized carbons (Fsp3) is 0.688. The normalized spacial score (nSPS) is 20.0. The van der Waals surface area contributed by atoms with Gasteiger partial charge in [0.25, 0.3) is 0 Å². The zero-order valence-corrected chi connectivity index (χ0v) is 12.8. The molecule has 112 valence electrons. The van der Waals surface area contributed by atoms with E-state index in [0.717, 1.165) is 32.0 Å². The van der Waals surface area contributed by atoms with Crippen molar-refractivity contribution in [3.05, 3.63) is 23.9 Å². The summed E-state index contributed by atoms with van der Waals surface area (Å²) in [4.78, 5) is 6.71. The second-order valence-corrected chi connectivity index (χ2v) is 5.62. The van der Waals surface area contributed by atoms with Crippen molar-refractivity contribution in [2.75, 3.05) is 26.7 Å². The van der Waals surface area contributed by atoms with Gasteiger partial charge in [-0.2, -0.15) is 0 Å². The maximum atomic E-state index is 5.88. The van der Waals surface area contributed by atoms with Crippen LogP contribution in [-0.2, 0) is 6.54 Å². The van der Waals surface area contributed by atoms with E-state index in [0.29, 0.717) is 6.04 Å². The van der Waals surface area contributed by atoms with Gasteiger partial charge in [-0.25, -0.2) is 4.98 Å². The summed E-state index contributed by atoms with van der Waals surface area (Å²) in [6.07, 6.45) is 6.84. The number of hydrogen-bond donors (Lipinski definition) is 1. The Kier molecular flexibility index (Phi) is 6.27. The van der Waals surface area contributed by atoms with Crippen molar-refractivity contribution in [1.82, 2.24) is 15.2 Å². The minimum atomic E-state index is 0.535. The molecule has 0 amide bonds. The lowest BCUT2D eigenvalue weighted by molar-refractivity contribution is 0.122. The first-order valence-corrected chi connectivity index (χ1v) is 7.78. The van der Waals surface area contributed by atoms with Crippen LogP contribution in [0.15, 0.2) is 18.3 Å². The van der Waals surface area contributed by atoms with Gasteiger partial charge in [0.15, 0.2) is 0 Å². The number of nitrogens with zero attached hydrogens (tertiary/aromatic N) is 2. The van der Waals surface area contributed by atoms with Crippen LogP contribution in [0.2, 0.25) is 0 Å². The number of aromatic nitrogens is 1. The Bertz CT molecular complexity index is 397. The van der Waals surface area contributed by atoms with Crippen molar-refractivity contribution >= 4 is 0 Å². The number of piperidine rings is 1.